The van der Waals surface area contributed by atoms with E-state index in [4.69, 9.17) is 4.52 Å². The van der Waals surface area contributed by atoms with Gasteiger partial charge in [0.25, 0.3) is 11.6 Å². The zero-order valence-corrected chi connectivity index (χ0v) is 14.1. The zero-order chi connectivity index (χ0) is 18.3. The summed E-state index contributed by atoms with van der Waals surface area (Å²) in [5, 5.41) is 23.2. The number of nitrogens with zero attached hydrogens (tertiary/aromatic N) is 6. The number of benzene rings is 2. The molecule has 0 saturated carbocycles. The molecule has 0 N–H and O–H groups in total. The topological polar surface area (TPSA) is 113 Å². The van der Waals surface area contributed by atoms with E-state index in [0.29, 0.717) is 22.8 Å². The van der Waals surface area contributed by atoms with Crippen molar-refractivity contribution in [1.29, 1.82) is 0 Å². The van der Waals surface area contributed by atoms with Gasteiger partial charge >= 0.3 is 0 Å². The van der Waals surface area contributed by atoms with Crippen LogP contribution in [0.2, 0.25) is 0 Å². The molecule has 0 saturated heterocycles. The van der Waals surface area contributed by atoms with Crippen LogP contribution in [0, 0.1) is 17.0 Å². The summed E-state index contributed by atoms with van der Waals surface area (Å²) >= 11 is 0. The fourth-order valence-corrected chi connectivity index (χ4v) is 2.80. The van der Waals surface area contributed by atoms with E-state index in [1.165, 1.54) is 6.07 Å². The molecule has 0 radical (unpaired) electrons. The molecular weight excluding hydrogens is 336 g/mol. The molecule has 0 unspecified atom stereocenters. The normalized spacial score (nSPS) is 11.2. The van der Waals surface area contributed by atoms with E-state index in [1.54, 1.807) is 23.7 Å². The van der Waals surface area contributed by atoms with Gasteiger partial charge in [0.05, 0.1) is 10.4 Å². The Morgan fingerprint density at radius 1 is 1.19 bits per heavy atom. The van der Waals surface area contributed by atoms with Crippen LogP contribution in [-0.2, 0) is 6.54 Å². The molecular formula is C17H14N6O3. The maximum atomic E-state index is 10.9. The molecule has 2 heterocycles. The van der Waals surface area contributed by atoms with E-state index in [-0.39, 0.29) is 5.69 Å². The molecule has 0 atom stereocenters. The standard InChI is InChI=1S/C17H14N6O3/c1-3-22-15-7-4-11(9-13(15)19-21-22)16-18-17(26-20-16)12-5-6-14(23(24)25)10(2)8-12/h4-9H,3H2,1-2H3. The van der Waals surface area contributed by atoms with E-state index in [0.717, 1.165) is 23.1 Å². The second-order valence-corrected chi connectivity index (χ2v) is 5.79. The third-order valence-electron chi connectivity index (χ3n) is 4.14. The van der Waals surface area contributed by atoms with Gasteiger partial charge in [0, 0.05) is 29.3 Å². The van der Waals surface area contributed by atoms with Gasteiger partial charge in [0.1, 0.15) is 5.52 Å². The monoisotopic (exact) mass is 350 g/mol. The lowest BCUT2D eigenvalue weighted by molar-refractivity contribution is -0.385. The molecule has 130 valence electrons. The van der Waals surface area contributed by atoms with Crippen LogP contribution in [0.25, 0.3) is 33.9 Å². The molecule has 2 aromatic carbocycles. The molecule has 0 aliphatic heterocycles. The Morgan fingerprint density at radius 2 is 2.00 bits per heavy atom. The number of nitro benzene ring substituents is 1. The SMILES string of the molecule is CCn1nnc2cc(-c3noc(-c4ccc([N+](=O)[O-])c(C)c4)n3)ccc21. The van der Waals surface area contributed by atoms with Gasteiger partial charge < -0.3 is 4.52 Å². The fraction of sp³-hybridized carbons (Fsp3) is 0.176. The van der Waals surface area contributed by atoms with Gasteiger partial charge in [-0.25, -0.2) is 4.68 Å². The van der Waals surface area contributed by atoms with Crippen molar-refractivity contribution in [3.05, 3.63) is 52.1 Å². The maximum Gasteiger partial charge on any atom is 0.272 e. The predicted octanol–water partition coefficient (Wildman–Crippen LogP) is 3.38. The van der Waals surface area contributed by atoms with Crippen molar-refractivity contribution in [3.8, 4) is 22.8 Å². The van der Waals surface area contributed by atoms with Crippen LogP contribution in [0.3, 0.4) is 0 Å². The van der Waals surface area contributed by atoms with Gasteiger partial charge in [-0.1, -0.05) is 10.4 Å². The van der Waals surface area contributed by atoms with E-state index in [1.807, 2.05) is 25.1 Å². The Hall–Kier alpha value is -3.62. The summed E-state index contributed by atoms with van der Waals surface area (Å²) in [6.07, 6.45) is 0. The van der Waals surface area contributed by atoms with Crippen molar-refractivity contribution in [2.24, 2.45) is 0 Å². The molecule has 26 heavy (non-hydrogen) atoms. The summed E-state index contributed by atoms with van der Waals surface area (Å²) in [7, 11) is 0. The van der Waals surface area contributed by atoms with Crippen LogP contribution in [-0.4, -0.2) is 30.1 Å². The lowest BCUT2D eigenvalue weighted by Crippen LogP contribution is -1.95. The smallest absolute Gasteiger partial charge is 0.272 e. The van der Waals surface area contributed by atoms with Crippen LogP contribution >= 0.6 is 0 Å². The van der Waals surface area contributed by atoms with E-state index < -0.39 is 4.92 Å². The maximum absolute atomic E-state index is 10.9. The highest BCUT2D eigenvalue weighted by Crippen LogP contribution is 2.27. The zero-order valence-electron chi connectivity index (χ0n) is 14.1. The fourth-order valence-electron chi connectivity index (χ4n) is 2.80. The minimum atomic E-state index is -0.420. The molecule has 4 rings (SSSR count). The van der Waals surface area contributed by atoms with Crippen molar-refractivity contribution in [2.75, 3.05) is 0 Å². The summed E-state index contributed by atoms with van der Waals surface area (Å²) in [6.45, 7) is 4.41. The number of aromatic nitrogens is 5. The second-order valence-electron chi connectivity index (χ2n) is 5.79. The Morgan fingerprint density at radius 3 is 2.73 bits per heavy atom. The highest BCUT2D eigenvalue weighted by atomic mass is 16.6. The van der Waals surface area contributed by atoms with Gasteiger partial charge in [-0.3, -0.25) is 10.1 Å². The first kappa shape index (κ1) is 15.9. The Balaban J connectivity index is 1.70. The predicted molar refractivity (Wildman–Crippen MR) is 93.3 cm³/mol. The van der Waals surface area contributed by atoms with Crippen molar-refractivity contribution < 1.29 is 9.45 Å². The minimum Gasteiger partial charge on any atom is -0.334 e. The molecule has 4 aromatic rings. The largest absolute Gasteiger partial charge is 0.334 e. The van der Waals surface area contributed by atoms with E-state index in [2.05, 4.69) is 20.5 Å². The van der Waals surface area contributed by atoms with E-state index >= 15 is 0 Å². The van der Waals surface area contributed by atoms with Gasteiger partial charge in [-0.15, -0.1) is 5.10 Å². The molecule has 0 bridgehead atoms. The molecule has 0 amide bonds. The van der Waals surface area contributed by atoms with Crippen molar-refractivity contribution in [1.82, 2.24) is 25.1 Å². The molecule has 2 aromatic heterocycles. The van der Waals surface area contributed by atoms with Crippen LogP contribution in [0.4, 0.5) is 5.69 Å². The molecule has 9 heteroatoms. The van der Waals surface area contributed by atoms with Gasteiger partial charge in [-0.05, 0) is 44.2 Å². The van der Waals surface area contributed by atoms with Crippen molar-refractivity contribution >= 4 is 16.7 Å². The third kappa shape index (κ3) is 2.59. The van der Waals surface area contributed by atoms with Gasteiger partial charge in [0.2, 0.25) is 5.82 Å². The highest BCUT2D eigenvalue weighted by molar-refractivity contribution is 5.80. The summed E-state index contributed by atoms with van der Waals surface area (Å²) in [6, 6.07) is 10.3. The first-order valence-corrected chi connectivity index (χ1v) is 7.99. The number of hydrogen-bond acceptors (Lipinski definition) is 7. The molecule has 0 aliphatic rings. The first-order valence-electron chi connectivity index (χ1n) is 7.99. The summed E-state index contributed by atoms with van der Waals surface area (Å²) in [5.74, 6) is 0.722. The minimum absolute atomic E-state index is 0.0537. The molecule has 9 nitrogen and oxygen atoms in total. The summed E-state index contributed by atoms with van der Waals surface area (Å²) in [4.78, 5) is 14.9. The average molecular weight is 350 g/mol. The van der Waals surface area contributed by atoms with Crippen LogP contribution in [0.5, 0.6) is 0 Å². The van der Waals surface area contributed by atoms with Gasteiger partial charge in [-0.2, -0.15) is 4.98 Å². The number of aryl methyl sites for hydroxylation is 2. The van der Waals surface area contributed by atoms with Gasteiger partial charge in [0.15, 0.2) is 0 Å². The number of hydrogen-bond donors (Lipinski definition) is 0. The Bertz CT molecular complexity index is 1130. The van der Waals surface area contributed by atoms with Crippen molar-refractivity contribution in [3.63, 3.8) is 0 Å². The lowest BCUT2D eigenvalue weighted by Gasteiger charge is -1.99. The molecule has 0 aliphatic carbocycles. The van der Waals surface area contributed by atoms with Crippen LogP contribution < -0.4 is 0 Å². The summed E-state index contributed by atoms with van der Waals surface area (Å²) < 4.78 is 7.13. The summed E-state index contributed by atoms with van der Waals surface area (Å²) in [5.41, 5.74) is 3.66. The number of fused-ring (bicyclic) bond motifs is 1. The van der Waals surface area contributed by atoms with E-state index in [9.17, 15) is 10.1 Å². The molecule has 0 spiro atoms. The quantitative estimate of drug-likeness (QED) is 0.409. The van der Waals surface area contributed by atoms with Crippen LogP contribution in [0.15, 0.2) is 40.9 Å². The second kappa shape index (κ2) is 6.03. The lowest BCUT2D eigenvalue weighted by atomic mass is 10.1. The van der Waals surface area contributed by atoms with Crippen molar-refractivity contribution in [2.45, 2.75) is 20.4 Å². The van der Waals surface area contributed by atoms with Crippen LogP contribution in [0.1, 0.15) is 12.5 Å². The first-order chi connectivity index (χ1) is 12.6. The Kier molecular flexibility index (Phi) is 3.68. The number of rotatable bonds is 4. The molecule has 0 fully saturated rings. The highest BCUT2D eigenvalue weighted by Gasteiger charge is 2.16. The number of nitro groups is 1. The Labute approximate surface area is 147 Å². The average Bonchev–Trinajstić information content (AvgIpc) is 3.27. The third-order valence-corrected chi connectivity index (χ3v) is 4.14.